The van der Waals surface area contributed by atoms with Crippen molar-refractivity contribution in [3.05, 3.63) is 24.1 Å². The topological polar surface area (TPSA) is 26.3 Å². The molecular formula is C11H13ClF2O2. The standard InChI is InChI=1S/C11H13ClF2O2/c1-3-7(2)16-10(15)9-5-4-8(13)6-11(9,12)14/h4-7,9H,3H2,1-2H3. The monoisotopic (exact) mass is 250 g/mol. The van der Waals surface area contributed by atoms with Gasteiger partial charge in [0.15, 0.2) is 0 Å². The van der Waals surface area contributed by atoms with Gasteiger partial charge in [-0.2, -0.15) is 0 Å². The molecule has 0 aromatic rings. The predicted molar refractivity (Wildman–Crippen MR) is 57.4 cm³/mol. The number of alkyl halides is 2. The zero-order valence-corrected chi connectivity index (χ0v) is 9.80. The van der Waals surface area contributed by atoms with E-state index in [0.717, 1.165) is 12.2 Å². The highest BCUT2D eigenvalue weighted by Gasteiger charge is 2.42. The first kappa shape index (κ1) is 13.2. The molecule has 1 aliphatic rings. The maximum Gasteiger partial charge on any atom is 0.318 e. The van der Waals surface area contributed by atoms with Crippen molar-refractivity contribution in [2.75, 3.05) is 0 Å². The molecule has 0 saturated heterocycles. The summed E-state index contributed by atoms with van der Waals surface area (Å²) in [6, 6.07) is 0. The quantitative estimate of drug-likeness (QED) is 0.568. The second-order valence-corrected chi connectivity index (χ2v) is 4.28. The lowest BCUT2D eigenvalue weighted by atomic mass is 9.98. The van der Waals surface area contributed by atoms with Crippen LogP contribution < -0.4 is 0 Å². The fraction of sp³-hybridized carbons (Fsp3) is 0.545. The molecule has 2 nitrogen and oxygen atoms in total. The Labute approximate surface area is 97.9 Å². The molecule has 90 valence electrons. The van der Waals surface area contributed by atoms with Gasteiger partial charge in [0.1, 0.15) is 11.7 Å². The van der Waals surface area contributed by atoms with E-state index in [1.165, 1.54) is 0 Å². The molecule has 3 atom stereocenters. The van der Waals surface area contributed by atoms with Gasteiger partial charge in [-0.15, -0.1) is 0 Å². The summed E-state index contributed by atoms with van der Waals surface area (Å²) in [5.74, 6) is -2.89. The molecule has 3 unspecified atom stereocenters. The minimum atomic E-state index is -2.55. The van der Waals surface area contributed by atoms with Crippen LogP contribution in [-0.2, 0) is 9.53 Å². The number of halogens is 3. The zero-order valence-electron chi connectivity index (χ0n) is 9.04. The lowest BCUT2D eigenvalue weighted by Gasteiger charge is -2.25. The molecule has 0 N–H and O–H groups in total. The Morgan fingerprint density at radius 1 is 1.75 bits per heavy atom. The van der Waals surface area contributed by atoms with Crippen molar-refractivity contribution >= 4 is 17.6 Å². The van der Waals surface area contributed by atoms with Crippen LogP contribution in [0.15, 0.2) is 24.1 Å². The number of carbonyl (C=O) groups is 1. The third-order valence-corrected chi connectivity index (χ3v) is 2.68. The molecule has 5 heteroatoms. The number of rotatable bonds is 3. The van der Waals surface area contributed by atoms with Gasteiger partial charge in [0.25, 0.3) is 0 Å². The summed E-state index contributed by atoms with van der Waals surface area (Å²) in [6.45, 7) is 3.52. The minimum absolute atomic E-state index is 0.316. The Morgan fingerprint density at radius 2 is 2.38 bits per heavy atom. The van der Waals surface area contributed by atoms with Crippen LogP contribution in [0.25, 0.3) is 0 Å². The van der Waals surface area contributed by atoms with Crippen molar-refractivity contribution in [2.45, 2.75) is 31.5 Å². The second kappa shape index (κ2) is 4.95. The molecule has 1 rings (SSSR count). The van der Waals surface area contributed by atoms with Crippen LogP contribution in [0.4, 0.5) is 8.78 Å². The molecule has 0 bridgehead atoms. The Morgan fingerprint density at radius 3 is 2.88 bits per heavy atom. The lowest BCUT2D eigenvalue weighted by Crippen LogP contribution is -2.35. The fourth-order valence-electron chi connectivity index (χ4n) is 1.23. The number of hydrogen-bond donors (Lipinski definition) is 0. The maximum atomic E-state index is 13.7. The van der Waals surface area contributed by atoms with Gasteiger partial charge >= 0.3 is 5.97 Å². The smallest absolute Gasteiger partial charge is 0.318 e. The first-order valence-corrected chi connectivity index (χ1v) is 5.39. The third-order valence-electron chi connectivity index (χ3n) is 2.34. The number of allylic oxidation sites excluding steroid dienone is 3. The van der Waals surface area contributed by atoms with Crippen LogP contribution in [0.2, 0.25) is 0 Å². The molecule has 0 amide bonds. The van der Waals surface area contributed by atoms with Gasteiger partial charge in [-0.25, -0.2) is 8.78 Å². The van der Waals surface area contributed by atoms with Crippen molar-refractivity contribution in [1.82, 2.24) is 0 Å². The average Bonchev–Trinajstić information content (AvgIpc) is 2.15. The van der Waals surface area contributed by atoms with E-state index in [1.807, 2.05) is 6.92 Å². The third kappa shape index (κ3) is 3.04. The van der Waals surface area contributed by atoms with E-state index in [-0.39, 0.29) is 6.10 Å². The fourth-order valence-corrected chi connectivity index (χ4v) is 1.49. The van der Waals surface area contributed by atoms with Gasteiger partial charge < -0.3 is 4.74 Å². The summed E-state index contributed by atoms with van der Waals surface area (Å²) in [6.07, 6.45) is 2.95. The number of esters is 1. The highest BCUT2D eigenvalue weighted by atomic mass is 35.5. The number of hydrogen-bond acceptors (Lipinski definition) is 2. The lowest BCUT2D eigenvalue weighted by molar-refractivity contribution is -0.153. The molecule has 0 saturated carbocycles. The maximum absolute atomic E-state index is 13.7. The molecule has 16 heavy (non-hydrogen) atoms. The summed E-state index contributed by atoms with van der Waals surface area (Å²) >= 11 is 5.42. The van der Waals surface area contributed by atoms with Gasteiger partial charge in [0, 0.05) is 6.08 Å². The van der Waals surface area contributed by atoms with Gasteiger partial charge in [0.05, 0.1) is 6.10 Å². The molecule has 0 radical (unpaired) electrons. The highest BCUT2D eigenvalue weighted by Crippen LogP contribution is 2.36. The van der Waals surface area contributed by atoms with E-state index in [0.29, 0.717) is 12.5 Å². The first-order valence-electron chi connectivity index (χ1n) is 5.01. The molecule has 0 aromatic heterocycles. The Kier molecular flexibility index (Phi) is 4.08. The molecule has 0 aromatic carbocycles. The highest BCUT2D eigenvalue weighted by molar-refractivity contribution is 6.26. The van der Waals surface area contributed by atoms with Crippen LogP contribution in [0.5, 0.6) is 0 Å². The van der Waals surface area contributed by atoms with Crippen LogP contribution >= 0.6 is 11.6 Å². The predicted octanol–water partition coefficient (Wildman–Crippen LogP) is 3.27. The normalized spacial score (nSPS) is 30.8. The summed E-state index contributed by atoms with van der Waals surface area (Å²) in [5, 5.41) is -2.55. The van der Waals surface area contributed by atoms with E-state index in [2.05, 4.69) is 0 Å². The van der Waals surface area contributed by atoms with E-state index in [1.54, 1.807) is 6.92 Å². The van der Waals surface area contributed by atoms with Crippen molar-refractivity contribution in [3.8, 4) is 0 Å². The zero-order chi connectivity index (χ0) is 12.3. The van der Waals surface area contributed by atoms with Crippen molar-refractivity contribution in [1.29, 1.82) is 0 Å². The Balaban J connectivity index is 2.75. The molecular weight excluding hydrogens is 238 g/mol. The van der Waals surface area contributed by atoms with Gasteiger partial charge in [-0.1, -0.05) is 24.6 Å². The van der Waals surface area contributed by atoms with Gasteiger partial charge in [-0.3, -0.25) is 4.79 Å². The van der Waals surface area contributed by atoms with E-state index in [9.17, 15) is 13.6 Å². The summed E-state index contributed by atoms with van der Waals surface area (Å²) in [4.78, 5) is 11.5. The van der Waals surface area contributed by atoms with Gasteiger partial charge in [-0.05, 0) is 19.4 Å². The van der Waals surface area contributed by atoms with E-state index in [4.69, 9.17) is 16.3 Å². The number of carbonyl (C=O) groups excluding carboxylic acids is 1. The van der Waals surface area contributed by atoms with Crippen molar-refractivity contribution in [2.24, 2.45) is 5.92 Å². The summed E-state index contributed by atoms with van der Waals surface area (Å²) in [7, 11) is 0. The second-order valence-electron chi connectivity index (χ2n) is 3.70. The van der Waals surface area contributed by atoms with Crippen molar-refractivity contribution < 1.29 is 18.3 Å². The summed E-state index contributed by atoms with van der Waals surface area (Å²) < 4.78 is 31.4. The largest absolute Gasteiger partial charge is 0.462 e. The first-order chi connectivity index (χ1) is 7.36. The molecule has 0 spiro atoms. The van der Waals surface area contributed by atoms with Crippen LogP contribution in [0, 0.1) is 5.92 Å². The van der Waals surface area contributed by atoms with Crippen molar-refractivity contribution in [3.63, 3.8) is 0 Å². The van der Waals surface area contributed by atoms with Crippen LogP contribution in [0.1, 0.15) is 20.3 Å². The molecule has 1 aliphatic carbocycles. The summed E-state index contributed by atoms with van der Waals surface area (Å²) in [5.41, 5.74) is 0. The molecule has 0 fully saturated rings. The average molecular weight is 251 g/mol. The SMILES string of the molecule is CCC(C)OC(=O)C1C=CC(F)=CC1(F)Cl. The van der Waals surface area contributed by atoms with E-state index < -0.39 is 22.8 Å². The minimum Gasteiger partial charge on any atom is -0.462 e. The van der Waals surface area contributed by atoms with Crippen LogP contribution in [0.3, 0.4) is 0 Å². The molecule has 0 heterocycles. The Hall–Kier alpha value is -0.900. The number of ether oxygens (including phenoxy) is 1. The van der Waals surface area contributed by atoms with Gasteiger partial charge in [0.2, 0.25) is 5.13 Å². The molecule has 0 aliphatic heterocycles. The Bertz CT molecular complexity index is 337. The van der Waals surface area contributed by atoms with E-state index >= 15 is 0 Å². The van der Waals surface area contributed by atoms with Crippen LogP contribution in [-0.4, -0.2) is 17.2 Å².